The molecule has 1 atom stereocenters. The van der Waals surface area contributed by atoms with Gasteiger partial charge in [0, 0.05) is 0 Å². The summed E-state index contributed by atoms with van der Waals surface area (Å²) in [5.41, 5.74) is 0. The molecule has 1 saturated heterocycles. The van der Waals surface area contributed by atoms with Crippen molar-refractivity contribution >= 4 is 17.7 Å². The molecule has 4 heteroatoms. The standard InChI is InChI=1S/C13H25NO2S/c1-3-16-13(15)12-8-5-6-9-14(12)10-7-11-17-4-2/h12H,3-11H2,1-2H3. The number of hydrogen-bond acceptors (Lipinski definition) is 4. The lowest BCUT2D eigenvalue weighted by molar-refractivity contribution is -0.150. The van der Waals surface area contributed by atoms with Gasteiger partial charge in [0.1, 0.15) is 6.04 Å². The van der Waals surface area contributed by atoms with Crippen molar-refractivity contribution in [3.63, 3.8) is 0 Å². The van der Waals surface area contributed by atoms with Crippen molar-refractivity contribution in [3.05, 3.63) is 0 Å². The van der Waals surface area contributed by atoms with Crippen molar-refractivity contribution in [3.8, 4) is 0 Å². The van der Waals surface area contributed by atoms with E-state index < -0.39 is 0 Å². The van der Waals surface area contributed by atoms with Crippen LogP contribution < -0.4 is 0 Å². The molecule has 0 N–H and O–H groups in total. The van der Waals surface area contributed by atoms with Crippen LogP contribution in [0.3, 0.4) is 0 Å². The molecule has 0 radical (unpaired) electrons. The summed E-state index contributed by atoms with van der Waals surface area (Å²) in [6.45, 7) is 6.65. The molecule has 0 amide bonds. The van der Waals surface area contributed by atoms with E-state index in [0.717, 1.165) is 25.9 Å². The zero-order valence-corrected chi connectivity index (χ0v) is 11.9. The molecular weight excluding hydrogens is 234 g/mol. The van der Waals surface area contributed by atoms with Crippen LogP contribution >= 0.6 is 11.8 Å². The van der Waals surface area contributed by atoms with Gasteiger partial charge in [-0.2, -0.15) is 11.8 Å². The fourth-order valence-corrected chi connectivity index (χ4v) is 2.90. The average Bonchev–Trinajstić information content (AvgIpc) is 2.35. The Morgan fingerprint density at radius 2 is 2.24 bits per heavy atom. The minimum absolute atomic E-state index is 0.0182. The second-order valence-corrected chi connectivity index (χ2v) is 5.74. The molecule has 1 heterocycles. The van der Waals surface area contributed by atoms with Crippen molar-refractivity contribution in [2.45, 2.75) is 45.6 Å². The smallest absolute Gasteiger partial charge is 0.323 e. The lowest BCUT2D eigenvalue weighted by atomic mass is 10.0. The monoisotopic (exact) mass is 259 g/mol. The number of rotatable bonds is 7. The van der Waals surface area contributed by atoms with Crippen LogP contribution in [0.2, 0.25) is 0 Å². The summed E-state index contributed by atoms with van der Waals surface area (Å²) >= 11 is 1.97. The Balaban J connectivity index is 2.34. The molecule has 1 aliphatic rings. The van der Waals surface area contributed by atoms with Crippen LogP contribution in [0.5, 0.6) is 0 Å². The highest BCUT2D eigenvalue weighted by Crippen LogP contribution is 2.19. The van der Waals surface area contributed by atoms with Gasteiger partial charge in [0.2, 0.25) is 0 Å². The van der Waals surface area contributed by atoms with E-state index in [1.807, 2.05) is 18.7 Å². The van der Waals surface area contributed by atoms with Crippen LogP contribution in [0.25, 0.3) is 0 Å². The van der Waals surface area contributed by atoms with E-state index in [1.165, 1.54) is 24.3 Å². The number of carbonyl (C=O) groups excluding carboxylic acids is 1. The Morgan fingerprint density at radius 1 is 1.41 bits per heavy atom. The van der Waals surface area contributed by atoms with E-state index in [-0.39, 0.29) is 12.0 Å². The summed E-state index contributed by atoms with van der Waals surface area (Å²) in [7, 11) is 0. The van der Waals surface area contributed by atoms with Gasteiger partial charge in [0.05, 0.1) is 6.61 Å². The van der Waals surface area contributed by atoms with E-state index in [2.05, 4.69) is 11.8 Å². The molecule has 1 rings (SSSR count). The van der Waals surface area contributed by atoms with Gasteiger partial charge >= 0.3 is 5.97 Å². The van der Waals surface area contributed by atoms with Gasteiger partial charge in [-0.1, -0.05) is 13.3 Å². The number of piperidine rings is 1. The van der Waals surface area contributed by atoms with Gasteiger partial charge < -0.3 is 4.74 Å². The Morgan fingerprint density at radius 3 is 2.94 bits per heavy atom. The van der Waals surface area contributed by atoms with Crippen LogP contribution in [0.4, 0.5) is 0 Å². The number of hydrogen-bond donors (Lipinski definition) is 0. The van der Waals surface area contributed by atoms with E-state index in [9.17, 15) is 4.79 Å². The lowest BCUT2D eigenvalue weighted by Crippen LogP contribution is -2.46. The minimum Gasteiger partial charge on any atom is -0.465 e. The summed E-state index contributed by atoms with van der Waals surface area (Å²) in [6.07, 6.45) is 4.52. The third-order valence-corrected chi connectivity index (χ3v) is 4.10. The summed E-state index contributed by atoms with van der Waals surface area (Å²) in [6, 6.07) is 0.0235. The molecule has 17 heavy (non-hydrogen) atoms. The summed E-state index contributed by atoms with van der Waals surface area (Å²) in [4.78, 5) is 14.1. The van der Waals surface area contributed by atoms with Gasteiger partial charge in [-0.15, -0.1) is 0 Å². The van der Waals surface area contributed by atoms with E-state index >= 15 is 0 Å². The van der Waals surface area contributed by atoms with Gasteiger partial charge in [-0.25, -0.2) is 0 Å². The topological polar surface area (TPSA) is 29.5 Å². The molecule has 3 nitrogen and oxygen atoms in total. The lowest BCUT2D eigenvalue weighted by Gasteiger charge is -2.33. The molecule has 0 aromatic rings. The van der Waals surface area contributed by atoms with E-state index in [4.69, 9.17) is 4.74 Å². The van der Waals surface area contributed by atoms with Crippen molar-refractivity contribution in [1.82, 2.24) is 4.90 Å². The molecule has 1 unspecified atom stereocenters. The van der Waals surface area contributed by atoms with Crippen LogP contribution in [0.1, 0.15) is 39.5 Å². The first-order valence-corrected chi connectivity index (χ1v) is 7.93. The Bertz CT molecular complexity index is 223. The molecule has 1 aliphatic heterocycles. The maximum atomic E-state index is 11.8. The summed E-state index contributed by atoms with van der Waals surface area (Å²) < 4.78 is 5.15. The van der Waals surface area contributed by atoms with Gasteiger partial charge in [0.15, 0.2) is 0 Å². The molecule has 0 aromatic carbocycles. The van der Waals surface area contributed by atoms with E-state index in [0.29, 0.717) is 6.61 Å². The van der Waals surface area contributed by atoms with Gasteiger partial charge in [-0.05, 0) is 50.8 Å². The molecule has 0 aliphatic carbocycles. The van der Waals surface area contributed by atoms with Crippen LogP contribution in [-0.4, -0.2) is 48.1 Å². The SMILES string of the molecule is CCOC(=O)C1CCCCN1CCCSCC. The maximum absolute atomic E-state index is 11.8. The number of likely N-dealkylation sites (tertiary alicyclic amines) is 1. The number of thioether (sulfide) groups is 1. The quantitative estimate of drug-likeness (QED) is 0.519. The predicted molar refractivity (Wildman–Crippen MR) is 73.5 cm³/mol. The van der Waals surface area contributed by atoms with Crippen molar-refractivity contribution < 1.29 is 9.53 Å². The van der Waals surface area contributed by atoms with Crippen molar-refractivity contribution in [2.75, 3.05) is 31.2 Å². The second-order valence-electron chi connectivity index (χ2n) is 4.35. The number of carbonyl (C=O) groups is 1. The molecule has 0 saturated carbocycles. The van der Waals surface area contributed by atoms with Crippen LogP contribution in [0, 0.1) is 0 Å². The zero-order chi connectivity index (χ0) is 12.5. The molecule has 0 spiro atoms. The van der Waals surface area contributed by atoms with Crippen LogP contribution in [0.15, 0.2) is 0 Å². The van der Waals surface area contributed by atoms with Crippen molar-refractivity contribution in [1.29, 1.82) is 0 Å². The first kappa shape index (κ1) is 14.8. The third-order valence-electron chi connectivity index (χ3n) is 3.11. The van der Waals surface area contributed by atoms with E-state index in [1.54, 1.807) is 0 Å². The Labute approximate surface area is 109 Å². The fraction of sp³-hybridized carbons (Fsp3) is 0.923. The highest BCUT2D eigenvalue weighted by molar-refractivity contribution is 7.99. The van der Waals surface area contributed by atoms with Crippen LogP contribution in [-0.2, 0) is 9.53 Å². The maximum Gasteiger partial charge on any atom is 0.323 e. The Kier molecular flexibility index (Phi) is 7.69. The highest BCUT2D eigenvalue weighted by Gasteiger charge is 2.29. The first-order valence-electron chi connectivity index (χ1n) is 6.78. The summed E-state index contributed by atoms with van der Waals surface area (Å²) in [5.74, 6) is 2.36. The largest absolute Gasteiger partial charge is 0.465 e. The minimum atomic E-state index is -0.0182. The molecule has 100 valence electrons. The molecule has 0 aromatic heterocycles. The molecule has 1 fully saturated rings. The molecular formula is C13H25NO2S. The number of esters is 1. The van der Waals surface area contributed by atoms with Gasteiger partial charge in [-0.3, -0.25) is 9.69 Å². The predicted octanol–water partition coefficient (Wildman–Crippen LogP) is 2.55. The first-order chi connectivity index (χ1) is 8.29. The fourth-order valence-electron chi connectivity index (χ4n) is 2.28. The zero-order valence-electron chi connectivity index (χ0n) is 11.1. The highest BCUT2D eigenvalue weighted by atomic mass is 32.2. The van der Waals surface area contributed by atoms with Crippen molar-refractivity contribution in [2.24, 2.45) is 0 Å². The average molecular weight is 259 g/mol. The second kappa shape index (κ2) is 8.81. The number of ether oxygens (including phenoxy) is 1. The normalized spacial score (nSPS) is 21.4. The Hall–Kier alpha value is -0.220. The third kappa shape index (κ3) is 5.30. The molecule has 0 bridgehead atoms. The van der Waals surface area contributed by atoms with Gasteiger partial charge in [0.25, 0.3) is 0 Å². The summed E-state index contributed by atoms with van der Waals surface area (Å²) in [5, 5.41) is 0. The number of nitrogens with zero attached hydrogens (tertiary/aromatic N) is 1.